The third-order valence-electron chi connectivity index (χ3n) is 4.73. The van der Waals surface area contributed by atoms with Gasteiger partial charge in [-0.15, -0.1) is 0 Å². The maximum atomic E-state index is 13.1. The van der Waals surface area contributed by atoms with Gasteiger partial charge < -0.3 is 15.2 Å². The molecule has 1 aliphatic heterocycles. The topological polar surface area (TPSA) is 128 Å². The molecule has 10 heteroatoms. The van der Waals surface area contributed by atoms with Crippen molar-refractivity contribution < 1.29 is 22.7 Å². The normalized spacial score (nSPS) is 16.2. The SMILES string of the molecule is COc1ccc(OC)c(S(=O)(=O)N2CCC(c3cc(C(N)=O)n[nH]3)CC2)c1. The number of ether oxygens (including phenoxy) is 2. The fourth-order valence-corrected chi connectivity index (χ4v) is 4.84. The number of rotatable bonds is 6. The summed E-state index contributed by atoms with van der Waals surface area (Å²) in [7, 11) is -0.810. The summed E-state index contributed by atoms with van der Waals surface area (Å²) in [4.78, 5) is 11.3. The molecule has 3 N–H and O–H groups in total. The van der Waals surface area contributed by atoms with E-state index in [0.29, 0.717) is 31.7 Å². The first kappa shape index (κ1) is 19.2. The predicted octanol–water partition coefficient (Wildman–Crippen LogP) is 1.09. The Morgan fingerprint density at radius 2 is 1.93 bits per heavy atom. The Kier molecular flexibility index (Phi) is 5.38. The number of nitrogens with zero attached hydrogens (tertiary/aromatic N) is 2. The zero-order chi connectivity index (χ0) is 19.6. The Balaban J connectivity index is 1.77. The maximum absolute atomic E-state index is 13.1. The van der Waals surface area contributed by atoms with Gasteiger partial charge in [0, 0.05) is 30.8 Å². The monoisotopic (exact) mass is 394 g/mol. The van der Waals surface area contributed by atoms with Crippen molar-refractivity contribution in [1.29, 1.82) is 0 Å². The van der Waals surface area contributed by atoms with E-state index >= 15 is 0 Å². The summed E-state index contributed by atoms with van der Waals surface area (Å²) in [6, 6.07) is 6.32. The van der Waals surface area contributed by atoms with Gasteiger partial charge in [-0.2, -0.15) is 9.40 Å². The zero-order valence-electron chi connectivity index (χ0n) is 15.1. The molecule has 1 aromatic carbocycles. The van der Waals surface area contributed by atoms with Crippen molar-refractivity contribution >= 4 is 15.9 Å². The second-order valence-corrected chi connectivity index (χ2v) is 8.17. The molecule has 3 rings (SSSR count). The Bertz CT molecular complexity index is 933. The Labute approximate surface area is 157 Å². The third-order valence-corrected chi connectivity index (χ3v) is 6.65. The lowest BCUT2D eigenvalue weighted by Gasteiger charge is -2.31. The van der Waals surface area contributed by atoms with Crippen molar-refractivity contribution in [2.24, 2.45) is 5.73 Å². The molecule has 0 saturated carbocycles. The molecule has 0 spiro atoms. The molecule has 1 aliphatic rings. The molecule has 1 saturated heterocycles. The molecule has 2 aromatic rings. The van der Waals surface area contributed by atoms with Crippen molar-refractivity contribution in [1.82, 2.24) is 14.5 Å². The molecule has 0 unspecified atom stereocenters. The highest BCUT2D eigenvalue weighted by Gasteiger charge is 2.33. The molecule has 1 amide bonds. The molecule has 146 valence electrons. The summed E-state index contributed by atoms with van der Waals surface area (Å²) in [5.41, 5.74) is 6.19. The van der Waals surface area contributed by atoms with Gasteiger partial charge in [0.2, 0.25) is 10.0 Å². The van der Waals surface area contributed by atoms with Gasteiger partial charge >= 0.3 is 0 Å². The highest BCUT2D eigenvalue weighted by atomic mass is 32.2. The number of sulfonamides is 1. The smallest absolute Gasteiger partial charge is 0.269 e. The largest absolute Gasteiger partial charge is 0.497 e. The highest BCUT2D eigenvalue weighted by molar-refractivity contribution is 7.89. The van der Waals surface area contributed by atoms with Gasteiger partial charge in [0.1, 0.15) is 22.1 Å². The molecular weight excluding hydrogens is 372 g/mol. The minimum atomic E-state index is -3.72. The van der Waals surface area contributed by atoms with E-state index in [4.69, 9.17) is 15.2 Å². The van der Waals surface area contributed by atoms with Crippen LogP contribution in [0.15, 0.2) is 29.2 Å². The first-order valence-corrected chi connectivity index (χ1v) is 9.88. The number of piperidine rings is 1. The quantitative estimate of drug-likeness (QED) is 0.755. The second-order valence-electron chi connectivity index (χ2n) is 6.27. The zero-order valence-corrected chi connectivity index (χ0v) is 16.0. The lowest BCUT2D eigenvalue weighted by atomic mass is 9.94. The number of nitrogens with two attached hydrogens (primary N) is 1. The van der Waals surface area contributed by atoms with E-state index in [1.54, 1.807) is 18.2 Å². The van der Waals surface area contributed by atoms with E-state index in [9.17, 15) is 13.2 Å². The summed E-state index contributed by atoms with van der Waals surface area (Å²) >= 11 is 0. The van der Waals surface area contributed by atoms with Crippen molar-refractivity contribution in [3.05, 3.63) is 35.7 Å². The standard InChI is InChI=1S/C17H22N4O5S/c1-25-12-3-4-15(26-2)16(9-12)27(23,24)21-7-5-11(6-8-21)13-10-14(17(18)22)20-19-13/h3-4,9-11H,5-8H2,1-2H3,(H2,18,22)(H,19,20). The Morgan fingerprint density at radius 1 is 1.22 bits per heavy atom. The van der Waals surface area contributed by atoms with Crippen molar-refractivity contribution in [2.45, 2.75) is 23.7 Å². The van der Waals surface area contributed by atoms with E-state index in [-0.39, 0.29) is 22.3 Å². The molecule has 0 atom stereocenters. The Morgan fingerprint density at radius 3 is 2.48 bits per heavy atom. The fourth-order valence-electron chi connectivity index (χ4n) is 3.20. The summed E-state index contributed by atoms with van der Waals surface area (Å²) < 4.78 is 38.0. The number of hydrogen-bond donors (Lipinski definition) is 2. The van der Waals surface area contributed by atoms with Gasteiger partial charge in [-0.1, -0.05) is 0 Å². The third kappa shape index (κ3) is 3.76. The summed E-state index contributed by atoms with van der Waals surface area (Å²) in [6.07, 6.45) is 1.21. The van der Waals surface area contributed by atoms with Gasteiger partial charge in [-0.3, -0.25) is 9.89 Å². The lowest BCUT2D eigenvalue weighted by Crippen LogP contribution is -2.38. The lowest BCUT2D eigenvalue weighted by molar-refractivity contribution is 0.0995. The molecular formula is C17H22N4O5S. The molecule has 1 aromatic heterocycles. The molecule has 1 fully saturated rings. The predicted molar refractivity (Wildman–Crippen MR) is 97.4 cm³/mol. The second kappa shape index (κ2) is 7.57. The summed E-state index contributed by atoms with van der Waals surface area (Å²) in [5, 5.41) is 6.71. The number of methoxy groups -OCH3 is 2. The number of aromatic amines is 1. The van der Waals surface area contributed by atoms with E-state index < -0.39 is 15.9 Å². The van der Waals surface area contributed by atoms with E-state index in [0.717, 1.165) is 5.69 Å². The summed E-state index contributed by atoms with van der Waals surface area (Å²) in [6.45, 7) is 0.691. The van der Waals surface area contributed by atoms with Crippen LogP contribution >= 0.6 is 0 Å². The van der Waals surface area contributed by atoms with Gasteiger partial charge in [0.25, 0.3) is 5.91 Å². The number of H-pyrrole nitrogens is 1. The minimum Gasteiger partial charge on any atom is -0.497 e. The van der Waals surface area contributed by atoms with Crippen molar-refractivity contribution in [2.75, 3.05) is 27.3 Å². The first-order valence-electron chi connectivity index (χ1n) is 8.44. The van der Waals surface area contributed by atoms with Gasteiger partial charge in [0.15, 0.2) is 0 Å². The van der Waals surface area contributed by atoms with Crippen LogP contribution in [0.4, 0.5) is 0 Å². The number of benzene rings is 1. The van der Waals surface area contributed by atoms with Gasteiger partial charge in [-0.25, -0.2) is 8.42 Å². The number of nitrogens with one attached hydrogen (secondary N) is 1. The molecule has 27 heavy (non-hydrogen) atoms. The first-order chi connectivity index (χ1) is 12.9. The average molecular weight is 394 g/mol. The molecule has 0 bridgehead atoms. The van der Waals surface area contributed by atoms with Crippen LogP contribution in [-0.4, -0.2) is 56.1 Å². The van der Waals surface area contributed by atoms with Crippen LogP contribution in [0.1, 0.15) is 34.9 Å². The van der Waals surface area contributed by atoms with E-state index in [1.807, 2.05) is 0 Å². The minimum absolute atomic E-state index is 0.0837. The van der Waals surface area contributed by atoms with Crippen LogP contribution in [0.5, 0.6) is 11.5 Å². The van der Waals surface area contributed by atoms with E-state index in [1.165, 1.54) is 24.6 Å². The van der Waals surface area contributed by atoms with Crippen molar-refractivity contribution in [3.8, 4) is 11.5 Å². The van der Waals surface area contributed by atoms with Crippen LogP contribution in [0.3, 0.4) is 0 Å². The number of aromatic nitrogens is 2. The molecule has 9 nitrogen and oxygen atoms in total. The van der Waals surface area contributed by atoms with Crippen molar-refractivity contribution in [3.63, 3.8) is 0 Å². The van der Waals surface area contributed by atoms with Crippen LogP contribution < -0.4 is 15.2 Å². The number of amides is 1. The number of hydrogen-bond acceptors (Lipinski definition) is 6. The number of carbonyl (C=O) groups excluding carboxylic acids is 1. The molecule has 2 heterocycles. The van der Waals surface area contributed by atoms with E-state index in [2.05, 4.69) is 10.2 Å². The van der Waals surface area contributed by atoms with Gasteiger partial charge in [0.05, 0.1) is 14.2 Å². The summed E-state index contributed by atoms with van der Waals surface area (Å²) in [5.74, 6) is 0.213. The van der Waals surface area contributed by atoms with Crippen LogP contribution in [0.25, 0.3) is 0 Å². The Hall–Kier alpha value is -2.59. The van der Waals surface area contributed by atoms with Gasteiger partial charge in [-0.05, 0) is 31.0 Å². The van der Waals surface area contributed by atoms with Crippen LogP contribution in [0, 0.1) is 0 Å². The number of carbonyl (C=O) groups is 1. The molecule has 0 radical (unpaired) electrons. The highest BCUT2D eigenvalue weighted by Crippen LogP contribution is 2.34. The number of primary amides is 1. The maximum Gasteiger partial charge on any atom is 0.269 e. The van der Waals surface area contributed by atoms with Crippen LogP contribution in [-0.2, 0) is 10.0 Å². The van der Waals surface area contributed by atoms with Crippen LogP contribution in [0.2, 0.25) is 0 Å². The molecule has 0 aliphatic carbocycles. The average Bonchev–Trinajstić information content (AvgIpc) is 3.18. The fraction of sp³-hybridized carbons (Fsp3) is 0.412.